The minimum atomic E-state index is -4.90. The molecule has 4 N–H and O–H groups in total. The van der Waals surface area contributed by atoms with E-state index in [-0.39, 0.29) is 23.0 Å². The normalized spacial score (nSPS) is 13.0. The lowest BCUT2D eigenvalue weighted by Gasteiger charge is -2.20. The topological polar surface area (TPSA) is 144 Å². The van der Waals surface area contributed by atoms with Crippen molar-refractivity contribution >= 4 is 22.4 Å². The van der Waals surface area contributed by atoms with Gasteiger partial charge in [0.2, 0.25) is 0 Å². The van der Waals surface area contributed by atoms with Crippen molar-refractivity contribution in [2.45, 2.75) is 51.1 Å². The standard InChI is InChI=1S/C24H21F7N8O2/c1-2-11(36-17-9-35-38-21(40)18(17)24(29,30)31)4-3-5-39-10-34-16-7-12(15(25)6-13(16)22(39)41)20-33-8-14(19(32)37-20)23(26,27)28/h6-11H,2-5H2,1H3,(H2,32,33,37)(H2,36,38,40)/t11-/m0/s1. The van der Waals surface area contributed by atoms with E-state index in [1.165, 1.54) is 10.9 Å². The number of aryl methyl sites for hydroxylation is 1. The Kier molecular flexibility index (Phi) is 7.98. The van der Waals surface area contributed by atoms with Gasteiger partial charge >= 0.3 is 12.4 Å². The van der Waals surface area contributed by atoms with E-state index >= 15 is 0 Å². The highest BCUT2D eigenvalue weighted by molar-refractivity contribution is 5.82. The van der Waals surface area contributed by atoms with Crippen molar-refractivity contribution in [2.24, 2.45) is 0 Å². The van der Waals surface area contributed by atoms with Gasteiger partial charge in [-0.2, -0.15) is 31.4 Å². The number of nitrogens with zero attached hydrogens (tertiary/aromatic N) is 5. The molecule has 0 bridgehead atoms. The molecule has 3 aromatic heterocycles. The van der Waals surface area contributed by atoms with Crippen LogP contribution in [0.4, 0.5) is 42.2 Å². The molecule has 1 atom stereocenters. The monoisotopic (exact) mass is 586 g/mol. The van der Waals surface area contributed by atoms with Crippen molar-refractivity contribution in [3.63, 3.8) is 0 Å². The number of aromatic nitrogens is 6. The van der Waals surface area contributed by atoms with Crippen LogP contribution in [-0.4, -0.2) is 35.8 Å². The summed E-state index contributed by atoms with van der Waals surface area (Å²) in [6.07, 6.45) is -6.22. The number of halogens is 7. The molecule has 17 heteroatoms. The van der Waals surface area contributed by atoms with E-state index in [0.717, 1.165) is 18.3 Å². The van der Waals surface area contributed by atoms with Crippen LogP contribution in [0.25, 0.3) is 22.3 Å². The lowest BCUT2D eigenvalue weighted by Crippen LogP contribution is -2.28. The van der Waals surface area contributed by atoms with E-state index in [9.17, 15) is 40.3 Å². The number of nitrogen functional groups attached to an aromatic ring is 1. The summed E-state index contributed by atoms with van der Waals surface area (Å²) in [6, 6.07) is 1.48. The Bertz CT molecular complexity index is 1700. The van der Waals surface area contributed by atoms with Gasteiger partial charge in [0.15, 0.2) is 5.82 Å². The molecule has 0 spiro atoms. The fourth-order valence-corrected chi connectivity index (χ4v) is 4.15. The zero-order valence-electron chi connectivity index (χ0n) is 21.1. The van der Waals surface area contributed by atoms with E-state index in [0.29, 0.717) is 25.5 Å². The molecule has 1 aromatic carbocycles. The van der Waals surface area contributed by atoms with Gasteiger partial charge in [0.05, 0.1) is 34.7 Å². The molecule has 4 rings (SSSR count). The molecule has 0 aliphatic rings. The molecule has 0 fully saturated rings. The molecule has 3 heterocycles. The summed E-state index contributed by atoms with van der Waals surface area (Å²) in [5.74, 6) is -2.31. The second-order valence-electron chi connectivity index (χ2n) is 8.96. The maximum Gasteiger partial charge on any atom is 0.423 e. The Balaban J connectivity index is 1.52. The number of hydrogen-bond acceptors (Lipinski definition) is 8. The van der Waals surface area contributed by atoms with E-state index in [1.54, 1.807) is 12.0 Å². The zero-order valence-corrected chi connectivity index (χ0v) is 21.1. The van der Waals surface area contributed by atoms with E-state index in [1.807, 2.05) is 0 Å². The number of aromatic amines is 1. The third-order valence-electron chi connectivity index (χ3n) is 6.22. The summed E-state index contributed by atoms with van der Waals surface area (Å²) in [5, 5.41) is 7.74. The summed E-state index contributed by atoms with van der Waals surface area (Å²) in [5.41, 5.74) is -0.0589. The summed E-state index contributed by atoms with van der Waals surface area (Å²) in [7, 11) is 0. The number of nitrogens with two attached hydrogens (primary N) is 1. The fraction of sp³-hybridized carbons (Fsp3) is 0.333. The van der Waals surface area contributed by atoms with Crippen LogP contribution in [0.3, 0.4) is 0 Å². The Morgan fingerprint density at radius 2 is 1.80 bits per heavy atom. The van der Waals surface area contributed by atoms with Crippen LogP contribution < -0.4 is 22.2 Å². The van der Waals surface area contributed by atoms with E-state index < -0.39 is 63.8 Å². The lowest BCUT2D eigenvalue weighted by molar-refractivity contribution is -0.138. The van der Waals surface area contributed by atoms with Crippen LogP contribution in [-0.2, 0) is 18.9 Å². The number of benzene rings is 1. The van der Waals surface area contributed by atoms with Gasteiger partial charge in [-0.15, -0.1) is 0 Å². The van der Waals surface area contributed by atoms with Crippen molar-refractivity contribution in [3.8, 4) is 11.4 Å². The Morgan fingerprint density at radius 3 is 2.44 bits per heavy atom. The Labute approximate surface area is 225 Å². The van der Waals surface area contributed by atoms with Crippen molar-refractivity contribution in [3.05, 3.63) is 68.5 Å². The van der Waals surface area contributed by atoms with Crippen LogP contribution in [0.15, 0.2) is 40.4 Å². The second-order valence-corrected chi connectivity index (χ2v) is 8.96. The highest BCUT2D eigenvalue weighted by Crippen LogP contribution is 2.34. The first-order chi connectivity index (χ1) is 19.2. The van der Waals surface area contributed by atoms with Crippen LogP contribution in [0.5, 0.6) is 0 Å². The first kappa shape index (κ1) is 29.4. The number of anilines is 2. The molecule has 0 aliphatic carbocycles. The van der Waals surface area contributed by atoms with Crippen LogP contribution in [0.2, 0.25) is 0 Å². The number of rotatable bonds is 8. The predicted octanol–water partition coefficient (Wildman–Crippen LogP) is 4.37. The van der Waals surface area contributed by atoms with Gasteiger partial charge in [-0.05, 0) is 31.4 Å². The first-order valence-electron chi connectivity index (χ1n) is 12.0. The molecule has 0 saturated carbocycles. The summed E-state index contributed by atoms with van der Waals surface area (Å²) < 4.78 is 94.9. The minimum absolute atomic E-state index is 0.0271. The third-order valence-corrected chi connectivity index (χ3v) is 6.22. The van der Waals surface area contributed by atoms with Gasteiger partial charge in [-0.25, -0.2) is 24.4 Å². The molecule has 0 radical (unpaired) electrons. The molecule has 0 unspecified atom stereocenters. The van der Waals surface area contributed by atoms with Gasteiger partial charge < -0.3 is 11.1 Å². The summed E-state index contributed by atoms with van der Waals surface area (Å²) in [4.78, 5) is 35.9. The van der Waals surface area contributed by atoms with Crippen molar-refractivity contribution in [1.29, 1.82) is 0 Å². The molecule has 10 nitrogen and oxygen atoms in total. The molecular formula is C24H21F7N8O2. The molecule has 0 saturated heterocycles. The first-order valence-corrected chi connectivity index (χ1v) is 12.0. The number of hydrogen-bond donors (Lipinski definition) is 3. The highest BCUT2D eigenvalue weighted by atomic mass is 19.4. The molecule has 41 heavy (non-hydrogen) atoms. The van der Waals surface area contributed by atoms with Crippen molar-refractivity contribution in [2.75, 3.05) is 11.1 Å². The van der Waals surface area contributed by atoms with Crippen LogP contribution in [0.1, 0.15) is 37.3 Å². The number of H-pyrrole nitrogens is 1. The summed E-state index contributed by atoms with van der Waals surface area (Å²) in [6.45, 7) is 1.81. The number of nitrogens with one attached hydrogen (secondary N) is 2. The molecule has 4 aromatic rings. The summed E-state index contributed by atoms with van der Waals surface area (Å²) >= 11 is 0. The lowest BCUT2D eigenvalue weighted by atomic mass is 10.1. The van der Waals surface area contributed by atoms with Gasteiger partial charge in [-0.1, -0.05) is 6.92 Å². The highest BCUT2D eigenvalue weighted by Gasteiger charge is 2.38. The average Bonchev–Trinajstić information content (AvgIpc) is 2.88. The van der Waals surface area contributed by atoms with Gasteiger partial charge in [0, 0.05) is 18.8 Å². The van der Waals surface area contributed by atoms with Crippen molar-refractivity contribution < 1.29 is 30.7 Å². The van der Waals surface area contributed by atoms with Crippen molar-refractivity contribution in [1.82, 2.24) is 29.7 Å². The third kappa shape index (κ3) is 6.28. The van der Waals surface area contributed by atoms with Gasteiger partial charge in [-0.3, -0.25) is 14.2 Å². The zero-order chi connectivity index (χ0) is 30.1. The number of alkyl halides is 6. The van der Waals surface area contributed by atoms with Gasteiger partial charge in [0.1, 0.15) is 22.8 Å². The number of fused-ring (bicyclic) bond motifs is 1. The van der Waals surface area contributed by atoms with E-state index in [2.05, 4.69) is 25.4 Å². The molecule has 218 valence electrons. The minimum Gasteiger partial charge on any atom is -0.383 e. The largest absolute Gasteiger partial charge is 0.423 e. The van der Waals surface area contributed by atoms with Crippen LogP contribution in [0, 0.1) is 5.82 Å². The second kappa shape index (κ2) is 11.1. The van der Waals surface area contributed by atoms with Gasteiger partial charge in [0.25, 0.3) is 11.1 Å². The molecular weight excluding hydrogens is 565 g/mol. The molecule has 0 aliphatic heterocycles. The maximum absolute atomic E-state index is 14.9. The average molecular weight is 586 g/mol. The maximum atomic E-state index is 14.9. The quantitative estimate of drug-likeness (QED) is 0.258. The SMILES string of the molecule is CC[C@@H](CCCn1cnc2cc(-c3ncc(C(F)(F)F)c(N)n3)c(F)cc2c1=O)Nc1cn[nH]c(=O)c1C(F)(F)F. The Hall–Kier alpha value is -4.57. The predicted molar refractivity (Wildman–Crippen MR) is 133 cm³/mol. The van der Waals surface area contributed by atoms with Crippen LogP contribution >= 0.6 is 0 Å². The van der Waals surface area contributed by atoms with E-state index in [4.69, 9.17) is 5.73 Å². The smallest absolute Gasteiger partial charge is 0.383 e. The Morgan fingerprint density at radius 1 is 1.07 bits per heavy atom. The molecule has 0 amide bonds. The fourth-order valence-electron chi connectivity index (χ4n) is 4.15.